The summed E-state index contributed by atoms with van der Waals surface area (Å²) in [4.78, 5) is 25.2. The lowest BCUT2D eigenvalue weighted by molar-refractivity contribution is -0.162. The van der Waals surface area contributed by atoms with Crippen LogP contribution in [0.2, 0.25) is 0 Å². The monoisotopic (exact) mass is 760 g/mol. The maximum absolute atomic E-state index is 12.8. The van der Waals surface area contributed by atoms with Crippen LogP contribution in [-0.2, 0) is 24.4 Å². The molecule has 4 aliphatic rings. The van der Waals surface area contributed by atoms with Crippen LogP contribution in [-0.4, -0.2) is 43.2 Å². The van der Waals surface area contributed by atoms with Crippen LogP contribution >= 0.6 is 0 Å². The highest BCUT2D eigenvalue weighted by atomic mass is 32.2. The van der Waals surface area contributed by atoms with Crippen molar-refractivity contribution in [3.63, 3.8) is 0 Å². The predicted molar refractivity (Wildman–Crippen MR) is 217 cm³/mol. The summed E-state index contributed by atoms with van der Waals surface area (Å²) < 4.78 is 37.0. The van der Waals surface area contributed by atoms with Gasteiger partial charge < -0.3 is 10.1 Å². The molecule has 2 N–H and O–H groups in total. The van der Waals surface area contributed by atoms with Crippen molar-refractivity contribution in [1.29, 1.82) is 0 Å². The van der Waals surface area contributed by atoms with E-state index >= 15 is 0 Å². The van der Waals surface area contributed by atoms with Gasteiger partial charge in [-0.05, 0) is 149 Å². The highest BCUT2D eigenvalue weighted by Crippen LogP contribution is 2.68. The second-order valence-electron chi connectivity index (χ2n) is 18.3. The van der Waals surface area contributed by atoms with E-state index < -0.39 is 15.9 Å². The van der Waals surface area contributed by atoms with E-state index in [9.17, 15) is 18.0 Å². The SMILES string of the molecule is CCCCCC/C=C\C/C=C\CCCCCCCC(=O)OC1CCC2(C)C(CCC3C2CCC2(C)C(C(C)CCC(=O)NCCS(=O)(=O)O)CCC32)C1. The summed E-state index contributed by atoms with van der Waals surface area (Å²) in [6, 6.07) is 0. The number of ether oxygens (including phenoxy) is 1. The molecule has 7 nitrogen and oxygen atoms in total. The molecule has 0 aliphatic heterocycles. The number of allylic oxidation sites excluding steroid dienone is 4. The molecule has 53 heavy (non-hydrogen) atoms. The fourth-order valence-electron chi connectivity index (χ4n) is 11.8. The Labute approximate surface area is 324 Å². The van der Waals surface area contributed by atoms with Crippen molar-refractivity contribution in [3.05, 3.63) is 24.3 Å². The van der Waals surface area contributed by atoms with Crippen LogP contribution in [0.25, 0.3) is 0 Å². The van der Waals surface area contributed by atoms with Crippen molar-refractivity contribution in [2.75, 3.05) is 12.3 Å². The van der Waals surface area contributed by atoms with E-state index in [1.165, 1.54) is 96.3 Å². The number of hydrogen-bond donors (Lipinski definition) is 2. The largest absolute Gasteiger partial charge is 0.462 e. The minimum Gasteiger partial charge on any atom is -0.462 e. The lowest BCUT2D eigenvalue weighted by Crippen LogP contribution is -2.54. The number of carbonyl (C=O) groups excluding carboxylic acids is 2. The molecule has 8 heteroatoms. The van der Waals surface area contributed by atoms with Gasteiger partial charge in [-0.15, -0.1) is 0 Å². The van der Waals surface area contributed by atoms with Crippen LogP contribution in [0.4, 0.5) is 0 Å². The minimum absolute atomic E-state index is 0.0174. The van der Waals surface area contributed by atoms with E-state index in [1.807, 2.05) is 0 Å². The molecule has 9 unspecified atom stereocenters. The van der Waals surface area contributed by atoms with Crippen LogP contribution in [0.1, 0.15) is 182 Å². The summed E-state index contributed by atoms with van der Waals surface area (Å²) in [5, 5.41) is 2.65. The lowest BCUT2D eigenvalue weighted by atomic mass is 9.44. The molecular weight excluding hydrogens is 683 g/mol. The first kappa shape index (κ1) is 44.0. The Hall–Kier alpha value is -1.67. The molecule has 9 atom stereocenters. The van der Waals surface area contributed by atoms with Gasteiger partial charge in [-0.3, -0.25) is 14.1 Å². The standard InChI is InChI=1S/C45H77NO6S/c1-5-6-7-8-9-10-11-12-13-14-15-16-17-18-19-20-21-43(48)52-37-28-30-44(3)36(34-37)23-24-38-40-26-25-39(45(40,4)31-29-41(38)44)35(2)22-27-42(47)46-32-33-53(49,50)51/h10-11,13-14,35-41H,5-9,12,15-34H2,1-4H3,(H,46,47)(H,49,50,51)/b11-10-,14-13-. The molecule has 0 heterocycles. The number of rotatable bonds is 23. The van der Waals surface area contributed by atoms with E-state index in [0.29, 0.717) is 41.4 Å². The van der Waals surface area contributed by atoms with Gasteiger partial charge in [0.05, 0.1) is 5.75 Å². The average Bonchev–Trinajstić information content (AvgIpc) is 3.47. The number of esters is 1. The molecule has 4 fully saturated rings. The summed E-state index contributed by atoms with van der Waals surface area (Å²) in [5.41, 5.74) is 0.663. The number of nitrogens with one attached hydrogen (secondary N) is 1. The lowest BCUT2D eigenvalue weighted by Gasteiger charge is -2.61. The van der Waals surface area contributed by atoms with Crippen molar-refractivity contribution < 1.29 is 27.3 Å². The van der Waals surface area contributed by atoms with Crippen LogP contribution < -0.4 is 5.32 Å². The summed E-state index contributed by atoms with van der Waals surface area (Å²) in [6.45, 7) is 9.65. The van der Waals surface area contributed by atoms with Gasteiger partial charge in [0.1, 0.15) is 6.10 Å². The van der Waals surface area contributed by atoms with Crippen molar-refractivity contribution in [1.82, 2.24) is 5.32 Å². The third-order valence-corrected chi connectivity index (χ3v) is 15.5. The molecule has 304 valence electrons. The van der Waals surface area contributed by atoms with E-state index in [4.69, 9.17) is 9.29 Å². The van der Waals surface area contributed by atoms with E-state index in [1.54, 1.807) is 0 Å². The van der Waals surface area contributed by atoms with Crippen molar-refractivity contribution >= 4 is 22.0 Å². The molecule has 0 aromatic heterocycles. The zero-order chi connectivity index (χ0) is 38.3. The molecule has 4 saturated carbocycles. The minimum atomic E-state index is -4.06. The molecule has 0 radical (unpaired) electrons. The molecule has 0 aromatic carbocycles. The Kier molecular flexibility index (Phi) is 17.9. The Bertz CT molecular complexity index is 1300. The molecule has 0 spiro atoms. The van der Waals surface area contributed by atoms with Gasteiger partial charge in [-0.25, -0.2) is 0 Å². The summed E-state index contributed by atoms with van der Waals surface area (Å²) >= 11 is 0. The van der Waals surface area contributed by atoms with Gasteiger partial charge in [0, 0.05) is 19.4 Å². The van der Waals surface area contributed by atoms with Crippen molar-refractivity contribution in [2.24, 2.45) is 46.3 Å². The van der Waals surface area contributed by atoms with Gasteiger partial charge in [0.15, 0.2) is 0 Å². The van der Waals surface area contributed by atoms with Gasteiger partial charge >= 0.3 is 5.97 Å². The Morgan fingerprint density at radius 3 is 2.19 bits per heavy atom. The normalized spacial score (nSPS) is 31.9. The molecule has 4 rings (SSSR count). The van der Waals surface area contributed by atoms with Gasteiger partial charge in [-0.2, -0.15) is 8.42 Å². The van der Waals surface area contributed by atoms with Crippen molar-refractivity contribution in [2.45, 2.75) is 188 Å². The van der Waals surface area contributed by atoms with Crippen LogP contribution in [0.5, 0.6) is 0 Å². The molecule has 0 saturated heterocycles. The molecule has 1 amide bonds. The van der Waals surface area contributed by atoms with Crippen LogP contribution in [0.15, 0.2) is 24.3 Å². The number of fused-ring (bicyclic) bond motifs is 5. The summed E-state index contributed by atoms with van der Waals surface area (Å²) in [6.07, 6.45) is 36.5. The fraction of sp³-hybridized carbons (Fsp3) is 0.867. The molecule has 4 aliphatic carbocycles. The quantitative estimate of drug-likeness (QED) is 0.0464. The van der Waals surface area contributed by atoms with Gasteiger partial charge in [-0.1, -0.05) is 90.5 Å². The van der Waals surface area contributed by atoms with Crippen LogP contribution in [0.3, 0.4) is 0 Å². The topological polar surface area (TPSA) is 110 Å². The third kappa shape index (κ3) is 13.2. The summed E-state index contributed by atoms with van der Waals surface area (Å²) in [5.74, 6) is 3.44. The maximum atomic E-state index is 12.8. The average molecular weight is 760 g/mol. The zero-order valence-corrected chi connectivity index (χ0v) is 34.9. The molecule has 0 aromatic rings. The fourth-order valence-corrected chi connectivity index (χ4v) is 12.1. The highest BCUT2D eigenvalue weighted by Gasteiger charge is 2.60. The van der Waals surface area contributed by atoms with Crippen LogP contribution in [0, 0.1) is 46.3 Å². The first-order valence-electron chi connectivity index (χ1n) is 22.1. The van der Waals surface area contributed by atoms with Gasteiger partial charge in [0.25, 0.3) is 10.1 Å². The van der Waals surface area contributed by atoms with E-state index in [2.05, 4.69) is 57.3 Å². The molecule has 0 bridgehead atoms. The maximum Gasteiger partial charge on any atom is 0.306 e. The molecular formula is C45H77NO6S. The second-order valence-corrected chi connectivity index (χ2v) is 19.8. The van der Waals surface area contributed by atoms with E-state index in [0.717, 1.165) is 62.7 Å². The second kappa shape index (κ2) is 21.6. The Morgan fingerprint density at radius 1 is 0.811 bits per heavy atom. The number of carbonyl (C=O) groups is 2. The predicted octanol–water partition coefficient (Wildman–Crippen LogP) is 11.2. The smallest absolute Gasteiger partial charge is 0.306 e. The van der Waals surface area contributed by atoms with E-state index in [-0.39, 0.29) is 24.5 Å². The first-order valence-corrected chi connectivity index (χ1v) is 23.7. The Morgan fingerprint density at radius 2 is 1.47 bits per heavy atom. The Balaban J connectivity index is 1.10. The number of unbranched alkanes of at least 4 members (excludes halogenated alkanes) is 9. The highest BCUT2D eigenvalue weighted by molar-refractivity contribution is 7.85. The summed E-state index contributed by atoms with van der Waals surface area (Å²) in [7, 11) is -4.06. The first-order chi connectivity index (χ1) is 25.4. The van der Waals surface area contributed by atoms with Gasteiger partial charge in [0.2, 0.25) is 5.91 Å². The number of amides is 1. The number of hydrogen-bond acceptors (Lipinski definition) is 5. The van der Waals surface area contributed by atoms with Crippen molar-refractivity contribution in [3.8, 4) is 0 Å². The zero-order valence-electron chi connectivity index (χ0n) is 34.1. The third-order valence-electron chi connectivity index (χ3n) is 14.8.